The van der Waals surface area contributed by atoms with Crippen LogP contribution in [0.15, 0.2) is 60.8 Å². The van der Waals surface area contributed by atoms with Crippen LogP contribution in [0.1, 0.15) is 28.5 Å². The largest absolute Gasteiger partial charge is 0.362 e. The maximum absolute atomic E-state index is 13.4. The van der Waals surface area contributed by atoms with Gasteiger partial charge in [0.2, 0.25) is 11.6 Å². The van der Waals surface area contributed by atoms with Gasteiger partial charge in [0.15, 0.2) is 5.82 Å². The van der Waals surface area contributed by atoms with Crippen LogP contribution >= 0.6 is 0 Å². The van der Waals surface area contributed by atoms with Crippen LogP contribution in [-0.4, -0.2) is 47.0 Å². The quantitative estimate of drug-likeness (QED) is 0.690. The zero-order valence-corrected chi connectivity index (χ0v) is 17.4. The molecule has 2 aliphatic rings. The lowest BCUT2D eigenvalue weighted by Gasteiger charge is -2.38. The van der Waals surface area contributed by atoms with Crippen LogP contribution in [0.3, 0.4) is 0 Å². The molecule has 0 aliphatic carbocycles. The van der Waals surface area contributed by atoms with Gasteiger partial charge in [-0.05, 0) is 31.2 Å². The highest BCUT2D eigenvalue weighted by Gasteiger charge is 2.53. The third kappa shape index (κ3) is 2.51. The zero-order valence-electron chi connectivity index (χ0n) is 17.4. The number of benzene rings is 1. The van der Waals surface area contributed by atoms with E-state index in [0.29, 0.717) is 22.6 Å². The number of fused-ring (bicyclic) bond motifs is 2. The molecule has 0 saturated heterocycles. The molecule has 2 aromatic heterocycles. The van der Waals surface area contributed by atoms with Crippen molar-refractivity contribution in [3.8, 4) is 0 Å². The van der Waals surface area contributed by atoms with E-state index >= 15 is 0 Å². The summed E-state index contributed by atoms with van der Waals surface area (Å²) in [7, 11) is 3.49. The number of carbonyl (C=O) groups excluding carboxylic acids is 2. The summed E-state index contributed by atoms with van der Waals surface area (Å²) in [6.45, 7) is 1.80. The Morgan fingerprint density at radius 2 is 1.74 bits per heavy atom. The van der Waals surface area contributed by atoms with Gasteiger partial charge in [0.25, 0.3) is 5.91 Å². The van der Waals surface area contributed by atoms with Crippen molar-refractivity contribution in [3.05, 3.63) is 77.6 Å². The van der Waals surface area contributed by atoms with E-state index in [-0.39, 0.29) is 17.4 Å². The van der Waals surface area contributed by atoms with E-state index in [1.165, 1.54) is 4.90 Å². The van der Waals surface area contributed by atoms with Crippen molar-refractivity contribution >= 4 is 29.1 Å². The fraction of sp³-hybridized carbons (Fsp3) is 0.217. The van der Waals surface area contributed by atoms with Crippen LogP contribution in [0.2, 0.25) is 0 Å². The number of aliphatic hydroxyl groups is 1. The third-order valence-electron chi connectivity index (χ3n) is 6.10. The minimum Gasteiger partial charge on any atom is -0.362 e. The molecule has 2 atom stereocenters. The van der Waals surface area contributed by atoms with Crippen molar-refractivity contribution in [1.82, 2.24) is 9.97 Å². The van der Waals surface area contributed by atoms with Crippen LogP contribution in [0, 0.1) is 0 Å². The molecule has 1 N–H and O–H groups in total. The van der Waals surface area contributed by atoms with E-state index in [9.17, 15) is 14.7 Å². The predicted octanol–water partition coefficient (Wildman–Crippen LogP) is 2.13. The molecule has 8 nitrogen and oxygen atoms in total. The first-order chi connectivity index (χ1) is 14.9. The predicted molar refractivity (Wildman–Crippen MR) is 116 cm³/mol. The Hall–Kier alpha value is -3.78. The lowest BCUT2D eigenvalue weighted by Crippen LogP contribution is -2.50. The summed E-state index contributed by atoms with van der Waals surface area (Å²) >= 11 is 0. The Kier molecular flexibility index (Phi) is 4.10. The van der Waals surface area contributed by atoms with Gasteiger partial charge in [-0.1, -0.05) is 30.3 Å². The van der Waals surface area contributed by atoms with Gasteiger partial charge in [0, 0.05) is 25.9 Å². The summed E-state index contributed by atoms with van der Waals surface area (Å²) in [6, 6.07) is 15.2. The van der Waals surface area contributed by atoms with E-state index in [4.69, 9.17) is 4.98 Å². The average molecular weight is 415 g/mol. The second-order valence-corrected chi connectivity index (χ2v) is 7.77. The van der Waals surface area contributed by atoms with Crippen molar-refractivity contribution in [2.45, 2.75) is 18.7 Å². The number of hydrogen-bond donors (Lipinski definition) is 1. The first-order valence-corrected chi connectivity index (χ1v) is 9.95. The SMILES string of the molecule is C[C@@H]1C(=O)N(C)c2ccc(N3C(=O)c4cccnc4C3(O)c3ccccc3)nc2N1C. The summed E-state index contributed by atoms with van der Waals surface area (Å²) in [4.78, 5) is 39.6. The number of nitrogens with zero attached hydrogens (tertiary/aromatic N) is 5. The van der Waals surface area contributed by atoms with Crippen molar-refractivity contribution in [2.75, 3.05) is 28.8 Å². The number of likely N-dealkylation sites (N-methyl/N-ethyl adjacent to an activating group) is 2. The minimum atomic E-state index is -1.81. The van der Waals surface area contributed by atoms with Crippen molar-refractivity contribution in [1.29, 1.82) is 0 Å². The van der Waals surface area contributed by atoms with Crippen LogP contribution in [0.5, 0.6) is 0 Å². The fourth-order valence-electron chi connectivity index (χ4n) is 4.26. The molecule has 1 unspecified atom stereocenters. The number of amides is 2. The molecule has 4 heterocycles. The van der Waals surface area contributed by atoms with Crippen LogP contribution in [0.25, 0.3) is 0 Å². The molecule has 0 saturated carbocycles. The number of anilines is 3. The molecule has 31 heavy (non-hydrogen) atoms. The smallest absolute Gasteiger partial charge is 0.264 e. The van der Waals surface area contributed by atoms with Crippen molar-refractivity contribution in [3.63, 3.8) is 0 Å². The molecule has 0 fully saturated rings. The van der Waals surface area contributed by atoms with E-state index in [2.05, 4.69) is 4.98 Å². The normalized spacial score (nSPS) is 22.6. The Bertz CT molecular complexity index is 1210. The molecular formula is C23H21N5O3. The third-order valence-corrected chi connectivity index (χ3v) is 6.10. The average Bonchev–Trinajstić information content (AvgIpc) is 3.04. The first kappa shape index (κ1) is 19.2. The Balaban J connectivity index is 1.72. The van der Waals surface area contributed by atoms with Gasteiger partial charge in [0.05, 0.1) is 11.3 Å². The highest BCUT2D eigenvalue weighted by atomic mass is 16.3. The van der Waals surface area contributed by atoms with Crippen LogP contribution in [0.4, 0.5) is 17.3 Å². The fourth-order valence-corrected chi connectivity index (χ4v) is 4.26. The van der Waals surface area contributed by atoms with Gasteiger partial charge >= 0.3 is 0 Å². The number of carbonyl (C=O) groups is 2. The van der Waals surface area contributed by atoms with Crippen molar-refractivity contribution < 1.29 is 14.7 Å². The maximum Gasteiger partial charge on any atom is 0.264 e. The molecule has 0 bridgehead atoms. The summed E-state index contributed by atoms with van der Waals surface area (Å²) < 4.78 is 0. The van der Waals surface area contributed by atoms with Crippen molar-refractivity contribution in [2.24, 2.45) is 0 Å². The molecule has 2 amide bonds. The molecule has 156 valence electrons. The number of pyridine rings is 2. The highest BCUT2D eigenvalue weighted by molar-refractivity contribution is 6.12. The number of rotatable bonds is 2. The van der Waals surface area contributed by atoms with Gasteiger partial charge in [-0.2, -0.15) is 0 Å². The van der Waals surface area contributed by atoms with E-state index in [1.54, 1.807) is 85.5 Å². The Morgan fingerprint density at radius 1 is 1.00 bits per heavy atom. The van der Waals surface area contributed by atoms with Gasteiger partial charge < -0.3 is 14.9 Å². The second-order valence-electron chi connectivity index (χ2n) is 7.77. The summed E-state index contributed by atoms with van der Waals surface area (Å²) in [5.74, 6) is 0.395. The second kappa shape index (κ2) is 6.61. The van der Waals surface area contributed by atoms with Crippen LogP contribution < -0.4 is 14.7 Å². The van der Waals surface area contributed by atoms with E-state index in [1.807, 2.05) is 6.07 Å². The number of aromatic nitrogens is 2. The van der Waals surface area contributed by atoms with Crippen LogP contribution in [-0.2, 0) is 10.5 Å². The molecule has 0 spiro atoms. The first-order valence-electron chi connectivity index (χ1n) is 9.95. The summed E-state index contributed by atoms with van der Waals surface area (Å²) in [5.41, 5.74) is -0.0760. The molecule has 1 aromatic carbocycles. The molecule has 5 rings (SSSR count). The topological polar surface area (TPSA) is 89.9 Å². The lowest BCUT2D eigenvalue weighted by molar-refractivity contribution is -0.119. The Morgan fingerprint density at radius 3 is 2.48 bits per heavy atom. The standard InChI is InChI=1S/C23H21N5O3/c1-14-21(29)27(3)17-11-12-18(25-20(17)26(14)2)28-22(30)16-10-7-13-24-19(16)23(28,31)15-8-5-4-6-9-15/h4-14,31H,1-3H3/t14-,23?/m1/s1. The zero-order chi connectivity index (χ0) is 21.9. The van der Waals surface area contributed by atoms with Gasteiger partial charge in [-0.25, -0.2) is 4.98 Å². The van der Waals surface area contributed by atoms with Gasteiger partial charge in [-0.15, -0.1) is 0 Å². The lowest BCUT2D eigenvalue weighted by atomic mass is 9.98. The molecule has 8 heteroatoms. The van der Waals surface area contributed by atoms with Gasteiger partial charge in [-0.3, -0.25) is 19.5 Å². The minimum absolute atomic E-state index is 0.0424. The van der Waals surface area contributed by atoms with E-state index < -0.39 is 17.7 Å². The van der Waals surface area contributed by atoms with Gasteiger partial charge in [0.1, 0.15) is 17.6 Å². The molecular weight excluding hydrogens is 394 g/mol. The maximum atomic E-state index is 13.4. The monoisotopic (exact) mass is 415 g/mol. The summed E-state index contributed by atoms with van der Waals surface area (Å²) in [5, 5.41) is 11.9. The Labute approximate surface area is 179 Å². The molecule has 3 aromatic rings. The van der Waals surface area contributed by atoms with E-state index in [0.717, 1.165) is 0 Å². The molecule has 2 aliphatic heterocycles. The number of hydrogen-bond acceptors (Lipinski definition) is 6. The molecule has 0 radical (unpaired) electrons. The summed E-state index contributed by atoms with van der Waals surface area (Å²) in [6.07, 6.45) is 1.56. The highest BCUT2D eigenvalue weighted by Crippen LogP contribution is 2.44.